The number of hydrogen-bond donors (Lipinski definition) is 0. The fraction of sp³-hybridized carbons (Fsp3) is 0.375. The maximum atomic E-state index is 4.09. The van der Waals surface area contributed by atoms with Crippen molar-refractivity contribution in [2.75, 3.05) is 0 Å². The molecule has 0 aliphatic carbocycles. The van der Waals surface area contributed by atoms with Crippen molar-refractivity contribution in [1.29, 1.82) is 0 Å². The molecule has 0 saturated heterocycles. The molecule has 2 heterocycles. The fourth-order valence-electron chi connectivity index (χ4n) is 1.16. The second kappa shape index (κ2) is 2.77. The number of hydrogen-bond acceptors (Lipinski definition) is 3. The second-order valence-electron chi connectivity index (χ2n) is 3.30. The van der Waals surface area contributed by atoms with Crippen LogP contribution < -0.4 is 0 Å². The molecule has 0 unspecified atom stereocenters. The van der Waals surface area contributed by atoms with Gasteiger partial charge in [0.2, 0.25) is 0 Å². The van der Waals surface area contributed by atoms with Gasteiger partial charge in [-0.1, -0.05) is 15.9 Å². The van der Waals surface area contributed by atoms with Crippen LogP contribution in [0.1, 0.15) is 19.7 Å². The lowest BCUT2D eigenvalue weighted by molar-refractivity contribution is 0.710. The molecule has 0 saturated carbocycles. The Kier molecular flexibility index (Phi) is 1.83. The molecule has 13 heavy (non-hydrogen) atoms. The fourth-order valence-corrected chi connectivity index (χ4v) is 1.43. The molecule has 0 aliphatic rings. The quantitative estimate of drug-likeness (QED) is 0.714. The topological polar surface area (TPSA) is 43.1 Å². The zero-order valence-corrected chi connectivity index (χ0v) is 8.98. The minimum absolute atomic E-state index is 0.173. The molecule has 5 heteroatoms. The number of alkyl halides is 1. The molecular weight excluding hydrogens is 232 g/mol. The van der Waals surface area contributed by atoms with Gasteiger partial charge in [-0.05, 0) is 13.8 Å². The SMILES string of the molecule is CC(C)(Br)c1nnc2cnccn12. The first-order chi connectivity index (χ1) is 6.09. The zero-order chi connectivity index (χ0) is 9.47. The Balaban J connectivity index is 2.72. The summed E-state index contributed by atoms with van der Waals surface area (Å²) in [7, 11) is 0. The van der Waals surface area contributed by atoms with Gasteiger partial charge < -0.3 is 0 Å². The Labute approximate surface area is 84.1 Å². The minimum atomic E-state index is -0.173. The lowest BCUT2D eigenvalue weighted by Crippen LogP contribution is -2.11. The third-order valence-electron chi connectivity index (χ3n) is 1.75. The summed E-state index contributed by atoms with van der Waals surface area (Å²) >= 11 is 3.54. The van der Waals surface area contributed by atoms with Crippen molar-refractivity contribution < 1.29 is 0 Å². The van der Waals surface area contributed by atoms with Gasteiger partial charge in [-0.25, -0.2) is 0 Å². The molecule has 0 aliphatic heterocycles. The van der Waals surface area contributed by atoms with Crippen molar-refractivity contribution in [2.24, 2.45) is 0 Å². The summed E-state index contributed by atoms with van der Waals surface area (Å²) in [6.45, 7) is 4.06. The van der Waals surface area contributed by atoms with Gasteiger partial charge in [0.25, 0.3) is 0 Å². The van der Waals surface area contributed by atoms with E-state index in [1.54, 1.807) is 12.4 Å². The Morgan fingerprint density at radius 2 is 2.15 bits per heavy atom. The van der Waals surface area contributed by atoms with Crippen LogP contribution in [-0.2, 0) is 4.32 Å². The molecule has 2 aromatic rings. The molecule has 0 N–H and O–H groups in total. The summed E-state index contributed by atoms with van der Waals surface area (Å²) in [5, 5.41) is 8.10. The van der Waals surface area contributed by atoms with Crippen LogP contribution in [-0.4, -0.2) is 19.6 Å². The molecular formula is C8H9BrN4. The van der Waals surface area contributed by atoms with E-state index in [0.717, 1.165) is 11.5 Å². The van der Waals surface area contributed by atoms with E-state index < -0.39 is 0 Å². The molecule has 2 aromatic heterocycles. The lowest BCUT2D eigenvalue weighted by atomic mass is 10.2. The lowest BCUT2D eigenvalue weighted by Gasteiger charge is -2.12. The maximum absolute atomic E-state index is 4.09. The first-order valence-electron chi connectivity index (χ1n) is 3.93. The Morgan fingerprint density at radius 1 is 1.38 bits per heavy atom. The molecule has 0 fully saturated rings. The van der Waals surface area contributed by atoms with E-state index in [0.29, 0.717) is 0 Å². The van der Waals surface area contributed by atoms with Gasteiger partial charge in [0.1, 0.15) is 0 Å². The van der Waals surface area contributed by atoms with Crippen molar-refractivity contribution in [3.63, 3.8) is 0 Å². The molecule has 2 rings (SSSR count). The molecule has 0 atom stereocenters. The van der Waals surface area contributed by atoms with Gasteiger partial charge in [-0.15, -0.1) is 10.2 Å². The van der Waals surface area contributed by atoms with E-state index in [-0.39, 0.29) is 4.32 Å². The standard InChI is InChI=1S/C8H9BrN4/c1-8(2,9)7-12-11-6-5-10-3-4-13(6)7/h3-5H,1-2H3. The third-order valence-corrected chi connectivity index (χ3v) is 2.10. The van der Waals surface area contributed by atoms with Gasteiger partial charge in [-0.3, -0.25) is 9.38 Å². The molecule has 68 valence electrons. The first-order valence-corrected chi connectivity index (χ1v) is 4.72. The highest BCUT2D eigenvalue weighted by atomic mass is 79.9. The summed E-state index contributed by atoms with van der Waals surface area (Å²) in [4.78, 5) is 3.97. The van der Waals surface area contributed by atoms with Crippen molar-refractivity contribution in [3.8, 4) is 0 Å². The molecule has 0 spiro atoms. The molecule has 0 radical (unpaired) electrons. The van der Waals surface area contributed by atoms with Crippen LogP contribution in [0.25, 0.3) is 5.65 Å². The number of aromatic nitrogens is 4. The second-order valence-corrected chi connectivity index (χ2v) is 5.28. The predicted molar refractivity (Wildman–Crippen MR) is 52.7 cm³/mol. The van der Waals surface area contributed by atoms with E-state index >= 15 is 0 Å². The average molecular weight is 241 g/mol. The Morgan fingerprint density at radius 3 is 2.85 bits per heavy atom. The van der Waals surface area contributed by atoms with Crippen molar-refractivity contribution in [2.45, 2.75) is 18.2 Å². The highest BCUT2D eigenvalue weighted by Gasteiger charge is 2.22. The van der Waals surface area contributed by atoms with Crippen LogP contribution in [0.15, 0.2) is 18.6 Å². The van der Waals surface area contributed by atoms with E-state index in [9.17, 15) is 0 Å². The molecule has 0 bridgehead atoms. The van der Waals surface area contributed by atoms with Crippen molar-refractivity contribution >= 4 is 21.6 Å². The average Bonchev–Trinajstić information content (AvgIpc) is 2.45. The largest absolute Gasteiger partial charge is 0.282 e. The number of nitrogens with zero attached hydrogens (tertiary/aromatic N) is 4. The van der Waals surface area contributed by atoms with Crippen LogP contribution in [0.2, 0.25) is 0 Å². The summed E-state index contributed by atoms with van der Waals surface area (Å²) in [6, 6.07) is 0. The summed E-state index contributed by atoms with van der Waals surface area (Å²) in [5.41, 5.74) is 0.769. The third kappa shape index (κ3) is 1.44. The van der Waals surface area contributed by atoms with Crippen LogP contribution in [0.5, 0.6) is 0 Å². The highest BCUT2D eigenvalue weighted by Crippen LogP contribution is 2.27. The van der Waals surface area contributed by atoms with Gasteiger partial charge in [0.15, 0.2) is 11.5 Å². The van der Waals surface area contributed by atoms with Crippen molar-refractivity contribution in [1.82, 2.24) is 19.6 Å². The van der Waals surface area contributed by atoms with E-state index in [2.05, 4.69) is 31.1 Å². The number of rotatable bonds is 1. The Bertz CT molecular complexity index is 429. The normalized spacial score (nSPS) is 12.2. The number of fused-ring (bicyclic) bond motifs is 1. The zero-order valence-electron chi connectivity index (χ0n) is 7.40. The molecule has 4 nitrogen and oxygen atoms in total. The monoisotopic (exact) mass is 240 g/mol. The maximum Gasteiger partial charge on any atom is 0.179 e. The van der Waals surface area contributed by atoms with Gasteiger partial charge >= 0.3 is 0 Å². The van der Waals surface area contributed by atoms with Gasteiger partial charge in [0.05, 0.1) is 10.5 Å². The van der Waals surface area contributed by atoms with Gasteiger partial charge in [-0.2, -0.15) is 0 Å². The summed E-state index contributed by atoms with van der Waals surface area (Å²) in [5.74, 6) is 0.880. The van der Waals surface area contributed by atoms with Crippen LogP contribution in [0.4, 0.5) is 0 Å². The number of halogens is 1. The van der Waals surface area contributed by atoms with Gasteiger partial charge in [0, 0.05) is 12.4 Å². The summed E-state index contributed by atoms with van der Waals surface area (Å²) in [6.07, 6.45) is 5.27. The van der Waals surface area contributed by atoms with E-state index in [1.165, 1.54) is 0 Å². The Hall–Kier alpha value is -0.970. The van der Waals surface area contributed by atoms with Crippen LogP contribution >= 0.6 is 15.9 Å². The molecule has 0 aromatic carbocycles. The minimum Gasteiger partial charge on any atom is -0.282 e. The molecule has 0 amide bonds. The first kappa shape index (κ1) is 8.62. The van der Waals surface area contributed by atoms with Crippen LogP contribution in [0, 0.1) is 0 Å². The van der Waals surface area contributed by atoms with E-state index in [1.807, 2.05) is 24.4 Å². The smallest absolute Gasteiger partial charge is 0.179 e. The summed E-state index contributed by atoms with van der Waals surface area (Å²) < 4.78 is 1.75. The van der Waals surface area contributed by atoms with Crippen LogP contribution in [0.3, 0.4) is 0 Å². The highest BCUT2D eigenvalue weighted by molar-refractivity contribution is 9.09. The van der Waals surface area contributed by atoms with E-state index in [4.69, 9.17) is 0 Å². The predicted octanol–water partition coefficient (Wildman–Crippen LogP) is 1.75. The van der Waals surface area contributed by atoms with Crippen molar-refractivity contribution in [3.05, 3.63) is 24.4 Å².